The molecule has 0 heterocycles. The van der Waals surface area contributed by atoms with Crippen molar-refractivity contribution in [3.8, 4) is 0 Å². The molecule has 0 radical (unpaired) electrons. The van der Waals surface area contributed by atoms with Crippen LogP contribution in [0, 0.1) is 0 Å². The van der Waals surface area contributed by atoms with Gasteiger partial charge in [0.25, 0.3) is 0 Å². The van der Waals surface area contributed by atoms with E-state index in [1.165, 1.54) is 24.8 Å². The first-order valence-electron chi connectivity index (χ1n) is 7.19. The van der Waals surface area contributed by atoms with E-state index in [0.717, 1.165) is 44.3 Å². The lowest BCUT2D eigenvalue weighted by Crippen LogP contribution is -2.04. The van der Waals surface area contributed by atoms with Crippen molar-refractivity contribution in [3.63, 3.8) is 0 Å². The molecule has 1 aliphatic carbocycles. The van der Waals surface area contributed by atoms with Crippen molar-refractivity contribution in [2.75, 3.05) is 0 Å². The summed E-state index contributed by atoms with van der Waals surface area (Å²) in [5.74, 6) is 0.971. The van der Waals surface area contributed by atoms with Gasteiger partial charge in [-0.1, -0.05) is 33.1 Å². The monoisotopic (exact) mass is 238 g/mol. The zero-order valence-electron chi connectivity index (χ0n) is 11.4. The molecule has 0 saturated heterocycles. The Morgan fingerprint density at radius 2 is 1.88 bits per heavy atom. The van der Waals surface area contributed by atoms with Crippen molar-refractivity contribution < 1.29 is 9.53 Å². The van der Waals surface area contributed by atoms with E-state index in [4.69, 9.17) is 4.74 Å². The van der Waals surface area contributed by atoms with Crippen LogP contribution in [-0.4, -0.2) is 5.97 Å². The van der Waals surface area contributed by atoms with E-state index < -0.39 is 0 Å². The molecule has 98 valence electrons. The molecule has 0 N–H and O–H groups in total. The van der Waals surface area contributed by atoms with Crippen molar-refractivity contribution in [3.05, 3.63) is 11.3 Å². The minimum atomic E-state index is -0.0308. The van der Waals surface area contributed by atoms with E-state index in [9.17, 15) is 4.79 Å². The Bertz CT molecular complexity index is 266. The Hall–Kier alpha value is -0.790. The molecule has 0 bridgehead atoms. The molecule has 17 heavy (non-hydrogen) atoms. The molecule has 2 nitrogen and oxygen atoms in total. The van der Waals surface area contributed by atoms with Crippen LogP contribution >= 0.6 is 0 Å². The van der Waals surface area contributed by atoms with Crippen LogP contribution in [0.3, 0.4) is 0 Å². The van der Waals surface area contributed by atoms with Crippen molar-refractivity contribution in [2.24, 2.45) is 0 Å². The molecule has 0 fully saturated rings. The standard InChI is InChI=1S/C15H26O2/c1-3-5-7-9-13-10-8-11-14(13)17-15(16)12-6-4-2/h3-12H2,1-2H3. The van der Waals surface area contributed by atoms with Gasteiger partial charge in [-0.3, -0.25) is 4.79 Å². The molecule has 0 spiro atoms. The van der Waals surface area contributed by atoms with Gasteiger partial charge in [-0.2, -0.15) is 0 Å². The summed E-state index contributed by atoms with van der Waals surface area (Å²) in [4.78, 5) is 11.6. The number of hydrogen-bond donors (Lipinski definition) is 0. The minimum absolute atomic E-state index is 0.0308. The van der Waals surface area contributed by atoms with Gasteiger partial charge < -0.3 is 4.74 Å². The van der Waals surface area contributed by atoms with Crippen molar-refractivity contribution >= 4 is 5.97 Å². The fourth-order valence-corrected chi connectivity index (χ4v) is 2.26. The van der Waals surface area contributed by atoms with Crippen LogP contribution in [0.5, 0.6) is 0 Å². The summed E-state index contributed by atoms with van der Waals surface area (Å²) in [6.45, 7) is 4.31. The van der Waals surface area contributed by atoms with Crippen LogP contribution < -0.4 is 0 Å². The normalized spacial score (nSPS) is 15.4. The SMILES string of the molecule is CCCCCC1=C(OC(=O)CCCC)CCC1. The van der Waals surface area contributed by atoms with Crippen LogP contribution in [0.4, 0.5) is 0 Å². The van der Waals surface area contributed by atoms with E-state index in [2.05, 4.69) is 13.8 Å². The van der Waals surface area contributed by atoms with Gasteiger partial charge >= 0.3 is 5.97 Å². The van der Waals surface area contributed by atoms with Crippen LogP contribution in [-0.2, 0) is 9.53 Å². The Morgan fingerprint density at radius 1 is 1.12 bits per heavy atom. The molecule has 0 atom stereocenters. The summed E-state index contributed by atoms with van der Waals surface area (Å²) in [6, 6.07) is 0. The molecular formula is C15H26O2. The van der Waals surface area contributed by atoms with Crippen molar-refractivity contribution in [2.45, 2.75) is 78.1 Å². The molecule has 0 aliphatic heterocycles. The van der Waals surface area contributed by atoms with Gasteiger partial charge in [-0.15, -0.1) is 0 Å². The zero-order chi connectivity index (χ0) is 12.5. The van der Waals surface area contributed by atoms with Crippen LogP contribution in [0.25, 0.3) is 0 Å². The third kappa shape index (κ3) is 5.38. The first kappa shape index (κ1) is 14.3. The third-order valence-corrected chi connectivity index (χ3v) is 3.33. The molecular weight excluding hydrogens is 212 g/mol. The maximum absolute atomic E-state index is 11.6. The highest BCUT2D eigenvalue weighted by Crippen LogP contribution is 2.30. The summed E-state index contributed by atoms with van der Waals surface area (Å²) < 4.78 is 5.50. The number of rotatable bonds is 8. The lowest BCUT2D eigenvalue weighted by Gasteiger charge is -2.08. The van der Waals surface area contributed by atoms with Gasteiger partial charge in [-0.05, 0) is 37.7 Å². The van der Waals surface area contributed by atoms with Gasteiger partial charge in [0.05, 0.1) is 0 Å². The van der Waals surface area contributed by atoms with E-state index >= 15 is 0 Å². The van der Waals surface area contributed by atoms with Gasteiger partial charge in [-0.25, -0.2) is 0 Å². The number of hydrogen-bond acceptors (Lipinski definition) is 2. The van der Waals surface area contributed by atoms with Crippen LogP contribution in [0.1, 0.15) is 78.1 Å². The second kappa shape index (κ2) is 8.32. The highest BCUT2D eigenvalue weighted by Gasteiger charge is 2.18. The summed E-state index contributed by atoms with van der Waals surface area (Å²) in [7, 11) is 0. The van der Waals surface area contributed by atoms with E-state index in [1.54, 1.807) is 0 Å². The molecule has 0 aromatic carbocycles. The predicted molar refractivity (Wildman–Crippen MR) is 70.6 cm³/mol. The number of ether oxygens (including phenoxy) is 1. The number of allylic oxidation sites excluding steroid dienone is 2. The highest BCUT2D eigenvalue weighted by atomic mass is 16.5. The number of carbonyl (C=O) groups is 1. The smallest absolute Gasteiger partial charge is 0.310 e. The summed E-state index contributed by atoms with van der Waals surface area (Å²) in [5.41, 5.74) is 1.41. The van der Waals surface area contributed by atoms with Gasteiger partial charge in [0.1, 0.15) is 5.76 Å². The molecule has 0 aromatic heterocycles. The largest absolute Gasteiger partial charge is 0.431 e. The average molecular weight is 238 g/mol. The number of esters is 1. The van der Waals surface area contributed by atoms with Crippen molar-refractivity contribution in [1.29, 1.82) is 0 Å². The molecule has 0 amide bonds. The molecule has 0 unspecified atom stereocenters. The Balaban J connectivity index is 2.37. The quantitative estimate of drug-likeness (QED) is 0.451. The second-order valence-corrected chi connectivity index (χ2v) is 4.92. The highest BCUT2D eigenvalue weighted by molar-refractivity contribution is 5.70. The number of unbranched alkanes of at least 4 members (excludes halogenated alkanes) is 3. The predicted octanol–water partition coefficient (Wildman–Crippen LogP) is 4.74. The topological polar surface area (TPSA) is 26.3 Å². The van der Waals surface area contributed by atoms with Crippen LogP contribution in [0.2, 0.25) is 0 Å². The first-order chi connectivity index (χ1) is 8.27. The lowest BCUT2D eigenvalue weighted by atomic mass is 10.1. The van der Waals surface area contributed by atoms with Gasteiger partial charge in [0.15, 0.2) is 0 Å². The van der Waals surface area contributed by atoms with Crippen molar-refractivity contribution in [1.82, 2.24) is 0 Å². The second-order valence-electron chi connectivity index (χ2n) is 4.92. The summed E-state index contributed by atoms with van der Waals surface area (Å²) in [6.07, 6.45) is 10.7. The van der Waals surface area contributed by atoms with E-state index in [0.29, 0.717) is 6.42 Å². The lowest BCUT2D eigenvalue weighted by molar-refractivity contribution is -0.139. The van der Waals surface area contributed by atoms with E-state index in [-0.39, 0.29) is 5.97 Å². The maximum Gasteiger partial charge on any atom is 0.310 e. The molecule has 0 saturated carbocycles. The summed E-state index contributed by atoms with van der Waals surface area (Å²) in [5, 5.41) is 0. The third-order valence-electron chi connectivity index (χ3n) is 3.33. The molecule has 1 aliphatic rings. The zero-order valence-corrected chi connectivity index (χ0v) is 11.4. The maximum atomic E-state index is 11.6. The molecule has 2 heteroatoms. The van der Waals surface area contributed by atoms with Gasteiger partial charge in [0, 0.05) is 12.8 Å². The van der Waals surface area contributed by atoms with Crippen LogP contribution in [0.15, 0.2) is 11.3 Å². The Labute approximate surface area is 105 Å². The van der Waals surface area contributed by atoms with E-state index in [1.807, 2.05) is 0 Å². The summed E-state index contributed by atoms with van der Waals surface area (Å²) >= 11 is 0. The number of carbonyl (C=O) groups excluding carboxylic acids is 1. The molecule has 1 rings (SSSR count). The Kier molecular flexibility index (Phi) is 6.99. The average Bonchev–Trinajstić information content (AvgIpc) is 2.74. The fraction of sp³-hybridized carbons (Fsp3) is 0.800. The fourth-order valence-electron chi connectivity index (χ4n) is 2.26. The molecule has 0 aromatic rings. The Morgan fingerprint density at radius 3 is 2.59 bits per heavy atom. The van der Waals surface area contributed by atoms with Gasteiger partial charge in [0.2, 0.25) is 0 Å². The minimum Gasteiger partial charge on any atom is -0.431 e. The first-order valence-corrected chi connectivity index (χ1v) is 7.19.